The Labute approximate surface area is 149 Å². The van der Waals surface area contributed by atoms with E-state index in [2.05, 4.69) is 88.4 Å². The zero-order valence-electron chi connectivity index (χ0n) is 14.8. The van der Waals surface area contributed by atoms with Crippen LogP contribution in [0.1, 0.15) is 22.3 Å². The molecular weight excluding hydrogens is 326 g/mol. The highest BCUT2D eigenvalue weighted by molar-refractivity contribution is 7.57. The van der Waals surface area contributed by atoms with Crippen LogP contribution in [0.15, 0.2) is 60.7 Å². The topological polar surface area (TPSA) is 0 Å². The van der Waals surface area contributed by atoms with Crippen LogP contribution >= 0.6 is 17.2 Å². The van der Waals surface area contributed by atoms with Gasteiger partial charge in [0.2, 0.25) is 0 Å². The first-order valence-corrected chi connectivity index (χ1v) is 10.3. The average Bonchev–Trinajstić information content (AvgIpc) is 2.55. The van der Waals surface area contributed by atoms with Crippen molar-refractivity contribution in [2.24, 2.45) is 0 Å². The van der Waals surface area contributed by atoms with Gasteiger partial charge in [-0.1, -0.05) is 71.8 Å². The maximum Gasteiger partial charge on any atom is -0.0168 e. The summed E-state index contributed by atoms with van der Waals surface area (Å²) < 4.78 is 0. The summed E-state index contributed by atoms with van der Waals surface area (Å²) in [6.45, 7) is 8.88. The van der Waals surface area contributed by atoms with Gasteiger partial charge in [-0.15, -0.1) is 0 Å². The lowest BCUT2D eigenvalue weighted by atomic mass is 10.2. The molecule has 0 aliphatic rings. The Morgan fingerprint density at radius 2 is 0.833 bits per heavy atom. The second-order valence-electron chi connectivity index (χ2n) is 6.36. The highest BCUT2D eigenvalue weighted by atomic mass is 31.1. The lowest BCUT2D eigenvalue weighted by Gasteiger charge is -2.13. The van der Waals surface area contributed by atoms with E-state index in [1.165, 1.54) is 43.5 Å². The summed E-state index contributed by atoms with van der Waals surface area (Å²) in [5, 5.41) is 5.85. The van der Waals surface area contributed by atoms with Gasteiger partial charge in [0, 0.05) is 0 Å². The molecule has 0 amide bonds. The molecule has 2 unspecified atom stereocenters. The van der Waals surface area contributed by atoms with E-state index in [1.807, 2.05) is 0 Å². The molecule has 0 N–H and O–H groups in total. The smallest absolute Gasteiger partial charge is 0.0168 e. The van der Waals surface area contributed by atoms with Crippen molar-refractivity contribution in [1.29, 1.82) is 0 Å². The minimum Gasteiger partial charge on any atom is -0.0617 e. The van der Waals surface area contributed by atoms with E-state index in [-0.39, 0.29) is 0 Å². The molecule has 122 valence electrons. The summed E-state index contributed by atoms with van der Waals surface area (Å²) >= 11 is 0. The molecule has 0 saturated heterocycles. The summed E-state index contributed by atoms with van der Waals surface area (Å²) in [6, 6.07) is 22.3. The summed E-state index contributed by atoms with van der Waals surface area (Å²) in [4.78, 5) is 0. The monoisotopic (exact) mass is 350 g/mol. The van der Waals surface area contributed by atoms with Gasteiger partial charge >= 0.3 is 0 Å². The fraction of sp³-hybridized carbons (Fsp3) is 0.182. The van der Waals surface area contributed by atoms with Crippen LogP contribution in [0, 0.1) is 27.7 Å². The van der Waals surface area contributed by atoms with E-state index in [4.69, 9.17) is 0 Å². The van der Waals surface area contributed by atoms with Crippen molar-refractivity contribution in [3.63, 3.8) is 0 Å². The number of benzene rings is 3. The van der Waals surface area contributed by atoms with E-state index in [0.717, 1.165) is 17.2 Å². The first-order chi connectivity index (χ1) is 11.5. The predicted octanol–water partition coefficient (Wildman–Crippen LogP) is 4.18. The Kier molecular flexibility index (Phi) is 5.50. The molecule has 3 aromatic rings. The molecule has 0 spiro atoms. The predicted molar refractivity (Wildman–Crippen MR) is 113 cm³/mol. The SMILES string of the molecule is Cc1cccc(C)c1Pc1cccc(Pc2c(C)cccc2C)c1. The Morgan fingerprint density at radius 3 is 1.21 bits per heavy atom. The number of hydrogen-bond donors (Lipinski definition) is 0. The first-order valence-electron chi connectivity index (χ1n) is 8.31. The van der Waals surface area contributed by atoms with Crippen LogP contribution in [0.25, 0.3) is 0 Å². The third-order valence-electron chi connectivity index (χ3n) is 4.36. The summed E-state index contributed by atoms with van der Waals surface area (Å²) in [5.41, 5.74) is 5.60. The van der Waals surface area contributed by atoms with E-state index in [0.29, 0.717) is 0 Å². The van der Waals surface area contributed by atoms with Crippen LogP contribution in [-0.4, -0.2) is 0 Å². The fourth-order valence-electron chi connectivity index (χ4n) is 2.99. The minimum atomic E-state index is 0.730. The van der Waals surface area contributed by atoms with Gasteiger partial charge in [-0.25, -0.2) is 0 Å². The maximum absolute atomic E-state index is 2.40. The van der Waals surface area contributed by atoms with Gasteiger partial charge < -0.3 is 0 Å². The van der Waals surface area contributed by atoms with Gasteiger partial charge in [0.15, 0.2) is 0 Å². The Bertz CT molecular complexity index is 756. The Hall–Kier alpha value is -1.48. The maximum atomic E-state index is 2.40. The highest BCUT2D eigenvalue weighted by Crippen LogP contribution is 2.19. The third kappa shape index (κ3) is 3.94. The van der Waals surface area contributed by atoms with E-state index in [1.54, 1.807) is 0 Å². The van der Waals surface area contributed by atoms with Crippen LogP contribution in [0.3, 0.4) is 0 Å². The van der Waals surface area contributed by atoms with Crippen molar-refractivity contribution in [1.82, 2.24) is 0 Å². The van der Waals surface area contributed by atoms with Gasteiger partial charge in [-0.3, -0.25) is 0 Å². The third-order valence-corrected chi connectivity index (χ3v) is 7.64. The molecule has 0 saturated carbocycles. The first kappa shape index (κ1) is 17.3. The number of rotatable bonds is 4. The van der Waals surface area contributed by atoms with Gasteiger partial charge in [-0.05, 0) is 77.2 Å². The molecule has 0 aliphatic carbocycles. The van der Waals surface area contributed by atoms with E-state index >= 15 is 0 Å². The molecule has 3 aromatic carbocycles. The van der Waals surface area contributed by atoms with Gasteiger partial charge in [0.05, 0.1) is 0 Å². The van der Waals surface area contributed by atoms with Crippen molar-refractivity contribution in [3.05, 3.63) is 82.9 Å². The quantitative estimate of drug-likeness (QED) is 0.619. The standard InChI is InChI=1S/C22H24P2/c1-15-8-5-9-16(2)21(15)23-19-12-7-13-20(14-19)24-22-17(3)10-6-11-18(22)4/h5-14,23-24H,1-4H3. The molecule has 0 fully saturated rings. The van der Waals surface area contributed by atoms with Crippen molar-refractivity contribution in [3.8, 4) is 0 Å². The molecular formula is C22H24P2. The molecule has 2 heteroatoms. The van der Waals surface area contributed by atoms with Crippen molar-refractivity contribution >= 4 is 38.4 Å². The lowest BCUT2D eigenvalue weighted by Crippen LogP contribution is -2.15. The highest BCUT2D eigenvalue weighted by Gasteiger charge is 2.07. The normalized spacial score (nSPS) is 11.8. The summed E-state index contributed by atoms with van der Waals surface area (Å²) in [5.74, 6) is 0. The van der Waals surface area contributed by atoms with Crippen LogP contribution in [0.5, 0.6) is 0 Å². The van der Waals surface area contributed by atoms with Gasteiger partial charge in [0.25, 0.3) is 0 Å². The molecule has 0 nitrogen and oxygen atoms in total. The van der Waals surface area contributed by atoms with Gasteiger partial charge in [-0.2, -0.15) is 0 Å². The lowest BCUT2D eigenvalue weighted by molar-refractivity contribution is 1.44. The number of aryl methyl sites for hydroxylation is 4. The van der Waals surface area contributed by atoms with Crippen molar-refractivity contribution < 1.29 is 0 Å². The van der Waals surface area contributed by atoms with Crippen molar-refractivity contribution in [2.75, 3.05) is 0 Å². The van der Waals surface area contributed by atoms with Crippen LogP contribution in [-0.2, 0) is 0 Å². The van der Waals surface area contributed by atoms with Crippen LogP contribution in [0.4, 0.5) is 0 Å². The summed E-state index contributed by atoms with van der Waals surface area (Å²) in [7, 11) is 1.46. The molecule has 2 atom stereocenters. The second kappa shape index (κ2) is 7.60. The molecule has 0 heterocycles. The number of hydrogen-bond acceptors (Lipinski definition) is 0. The van der Waals surface area contributed by atoms with E-state index in [9.17, 15) is 0 Å². The van der Waals surface area contributed by atoms with Gasteiger partial charge in [0.1, 0.15) is 0 Å². The van der Waals surface area contributed by atoms with Crippen LogP contribution in [0.2, 0.25) is 0 Å². The fourth-order valence-corrected chi connectivity index (χ4v) is 5.64. The van der Waals surface area contributed by atoms with Crippen molar-refractivity contribution in [2.45, 2.75) is 27.7 Å². The molecule has 3 rings (SSSR count). The molecule has 0 bridgehead atoms. The minimum absolute atomic E-state index is 0.730. The zero-order valence-corrected chi connectivity index (χ0v) is 16.8. The average molecular weight is 350 g/mol. The Balaban J connectivity index is 1.87. The zero-order chi connectivity index (χ0) is 17.1. The second-order valence-corrected chi connectivity index (χ2v) is 9.02. The van der Waals surface area contributed by atoms with E-state index < -0.39 is 0 Å². The molecule has 0 aliphatic heterocycles. The largest absolute Gasteiger partial charge is 0.0617 e. The summed E-state index contributed by atoms with van der Waals surface area (Å²) in [6.07, 6.45) is 0. The molecule has 0 radical (unpaired) electrons. The Morgan fingerprint density at radius 1 is 0.500 bits per heavy atom. The molecule has 24 heavy (non-hydrogen) atoms. The van der Waals surface area contributed by atoms with Crippen LogP contribution < -0.4 is 21.2 Å². The molecule has 0 aromatic heterocycles.